The van der Waals surface area contributed by atoms with Crippen molar-refractivity contribution in [2.75, 3.05) is 14.2 Å². The lowest BCUT2D eigenvalue weighted by Gasteiger charge is -2.25. The third kappa shape index (κ3) is 3.82. The number of nitrogens with zero attached hydrogens (tertiary/aromatic N) is 3. The number of rotatable bonds is 6. The van der Waals surface area contributed by atoms with Crippen molar-refractivity contribution in [3.63, 3.8) is 0 Å². The molecule has 0 saturated heterocycles. The quantitative estimate of drug-likeness (QED) is 0.817. The maximum atomic E-state index is 12.7. The minimum Gasteiger partial charge on any atom is -0.497 e. The summed E-state index contributed by atoms with van der Waals surface area (Å²) in [6.07, 6.45) is 0.780. The average molecular weight is 329 g/mol. The number of carbonyl (C=O) groups excluding carboxylic acids is 1. The molecule has 0 unspecified atom stereocenters. The number of carbonyl (C=O) groups is 1. The number of hydrogen-bond donors (Lipinski definition) is 0. The fourth-order valence-corrected chi connectivity index (χ4v) is 2.40. The highest BCUT2D eigenvalue weighted by Gasteiger charge is 2.20. The van der Waals surface area contributed by atoms with Gasteiger partial charge in [-0.05, 0) is 37.1 Å². The molecule has 1 aromatic heterocycles. The van der Waals surface area contributed by atoms with Gasteiger partial charge in [0.25, 0.3) is 11.5 Å². The lowest BCUT2D eigenvalue weighted by molar-refractivity contribution is 0.0733. The Labute approximate surface area is 141 Å². The summed E-state index contributed by atoms with van der Waals surface area (Å²) in [7, 11) is 3.35. The maximum absolute atomic E-state index is 12.7. The van der Waals surface area contributed by atoms with Crippen molar-refractivity contribution in [3.8, 4) is 5.75 Å². The van der Waals surface area contributed by atoms with Crippen molar-refractivity contribution < 1.29 is 9.53 Å². The van der Waals surface area contributed by atoms with Gasteiger partial charge in [0.2, 0.25) is 0 Å². The Bertz CT molecular complexity index is 753. The lowest BCUT2D eigenvalue weighted by atomic mass is 10.1. The predicted molar refractivity (Wildman–Crippen MR) is 92.3 cm³/mol. The summed E-state index contributed by atoms with van der Waals surface area (Å²) in [6, 6.07) is 10.3. The van der Waals surface area contributed by atoms with Crippen molar-refractivity contribution in [2.24, 2.45) is 0 Å². The van der Waals surface area contributed by atoms with Crippen LogP contribution in [0.15, 0.2) is 41.2 Å². The van der Waals surface area contributed by atoms with Gasteiger partial charge in [-0.15, -0.1) is 0 Å². The third-order valence-corrected chi connectivity index (χ3v) is 4.02. The van der Waals surface area contributed by atoms with Crippen molar-refractivity contribution in [1.29, 1.82) is 0 Å². The van der Waals surface area contributed by atoms with Crippen LogP contribution in [0.1, 0.15) is 42.4 Å². The minimum atomic E-state index is -0.219. The molecule has 0 aliphatic carbocycles. The largest absolute Gasteiger partial charge is 0.497 e. The van der Waals surface area contributed by atoms with E-state index in [1.807, 2.05) is 38.1 Å². The molecule has 1 aromatic carbocycles. The van der Waals surface area contributed by atoms with E-state index < -0.39 is 0 Å². The highest BCUT2D eigenvalue weighted by Crippen LogP contribution is 2.22. The molecule has 0 fully saturated rings. The smallest absolute Gasteiger partial charge is 0.274 e. The van der Waals surface area contributed by atoms with E-state index >= 15 is 0 Å². The Balaban J connectivity index is 2.21. The first-order valence-corrected chi connectivity index (χ1v) is 7.97. The van der Waals surface area contributed by atoms with Gasteiger partial charge in [-0.25, -0.2) is 4.68 Å². The first-order chi connectivity index (χ1) is 11.5. The van der Waals surface area contributed by atoms with Gasteiger partial charge in [-0.2, -0.15) is 5.10 Å². The van der Waals surface area contributed by atoms with E-state index in [1.54, 1.807) is 19.1 Å². The van der Waals surface area contributed by atoms with Gasteiger partial charge in [-0.1, -0.05) is 19.1 Å². The van der Waals surface area contributed by atoms with Gasteiger partial charge in [-0.3, -0.25) is 9.59 Å². The van der Waals surface area contributed by atoms with E-state index in [0.29, 0.717) is 6.54 Å². The number of aromatic nitrogens is 2. The van der Waals surface area contributed by atoms with Gasteiger partial charge in [0.05, 0.1) is 13.2 Å². The summed E-state index contributed by atoms with van der Waals surface area (Å²) in [4.78, 5) is 26.0. The Morgan fingerprint density at radius 2 is 1.92 bits per heavy atom. The molecule has 1 atom stereocenters. The van der Waals surface area contributed by atoms with Gasteiger partial charge in [0.1, 0.15) is 11.4 Å². The number of hydrogen-bond acceptors (Lipinski definition) is 4. The fraction of sp³-hybridized carbons (Fsp3) is 0.389. The molecular formula is C18H23N3O3. The first-order valence-electron chi connectivity index (χ1n) is 7.97. The summed E-state index contributed by atoms with van der Waals surface area (Å²) in [6.45, 7) is 4.40. The summed E-state index contributed by atoms with van der Waals surface area (Å²) in [5.74, 6) is 0.552. The van der Waals surface area contributed by atoms with Crippen LogP contribution >= 0.6 is 0 Å². The summed E-state index contributed by atoms with van der Waals surface area (Å²) >= 11 is 0. The van der Waals surface area contributed by atoms with Crippen molar-refractivity contribution in [1.82, 2.24) is 14.7 Å². The average Bonchev–Trinajstić information content (AvgIpc) is 2.62. The fourth-order valence-electron chi connectivity index (χ4n) is 2.40. The maximum Gasteiger partial charge on any atom is 0.274 e. The topological polar surface area (TPSA) is 64.4 Å². The molecule has 0 radical (unpaired) electrons. The number of aryl methyl sites for hydroxylation is 1. The molecular weight excluding hydrogens is 306 g/mol. The molecule has 0 N–H and O–H groups in total. The van der Waals surface area contributed by atoms with Gasteiger partial charge < -0.3 is 9.64 Å². The first kappa shape index (κ1) is 17.7. The van der Waals surface area contributed by atoms with Crippen LogP contribution in [0.4, 0.5) is 0 Å². The Hall–Kier alpha value is -2.63. The molecule has 6 heteroatoms. The number of methoxy groups -OCH3 is 1. The zero-order valence-electron chi connectivity index (χ0n) is 14.5. The van der Waals surface area contributed by atoms with E-state index in [9.17, 15) is 9.59 Å². The van der Waals surface area contributed by atoms with Crippen LogP contribution in [0.5, 0.6) is 5.75 Å². The normalized spacial score (nSPS) is 11.8. The van der Waals surface area contributed by atoms with E-state index in [1.165, 1.54) is 16.8 Å². The number of amides is 1. The van der Waals surface area contributed by atoms with Gasteiger partial charge in [0, 0.05) is 19.7 Å². The van der Waals surface area contributed by atoms with E-state index in [-0.39, 0.29) is 23.2 Å². The molecule has 1 amide bonds. The van der Waals surface area contributed by atoms with Crippen LogP contribution in [-0.2, 0) is 6.54 Å². The molecule has 128 valence electrons. The number of benzene rings is 1. The molecule has 24 heavy (non-hydrogen) atoms. The molecule has 0 aliphatic rings. The predicted octanol–water partition coefficient (Wildman–Crippen LogP) is 2.50. The third-order valence-electron chi connectivity index (χ3n) is 4.02. The second kappa shape index (κ2) is 7.77. The highest BCUT2D eigenvalue weighted by atomic mass is 16.5. The highest BCUT2D eigenvalue weighted by molar-refractivity contribution is 5.92. The number of ether oxygens (including phenoxy) is 1. The van der Waals surface area contributed by atoms with E-state index in [0.717, 1.165) is 17.7 Å². The van der Waals surface area contributed by atoms with Gasteiger partial charge >= 0.3 is 0 Å². The molecule has 0 saturated carbocycles. The van der Waals surface area contributed by atoms with Crippen LogP contribution in [-0.4, -0.2) is 34.7 Å². The second-order valence-corrected chi connectivity index (χ2v) is 5.65. The van der Waals surface area contributed by atoms with Crippen LogP contribution < -0.4 is 10.3 Å². The van der Waals surface area contributed by atoms with Gasteiger partial charge in [0.15, 0.2) is 0 Å². The molecule has 0 bridgehead atoms. The van der Waals surface area contributed by atoms with E-state index in [2.05, 4.69) is 5.10 Å². The second-order valence-electron chi connectivity index (χ2n) is 5.65. The summed E-state index contributed by atoms with van der Waals surface area (Å²) < 4.78 is 6.48. The van der Waals surface area contributed by atoms with Crippen molar-refractivity contribution in [3.05, 3.63) is 58.0 Å². The van der Waals surface area contributed by atoms with Crippen LogP contribution in [0, 0.1) is 0 Å². The lowest BCUT2D eigenvalue weighted by Crippen LogP contribution is -2.33. The standard InChI is InChI=1S/C18H23N3O3/c1-5-12-21-17(22)11-10-16(19-21)18(23)20(3)13(2)14-6-8-15(24-4)9-7-14/h6-11,13H,5,12H2,1-4H3/t13-/m1/s1. The molecule has 0 aliphatic heterocycles. The molecule has 0 spiro atoms. The van der Waals surface area contributed by atoms with Crippen LogP contribution in [0.2, 0.25) is 0 Å². The van der Waals surface area contributed by atoms with Crippen LogP contribution in [0.3, 0.4) is 0 Å². The minimum absolute atomic E-state index is 0.128. The molecule has 6 nitrogen and oxygen atoms in total. The Morgan fingerprint density at radius 3 is 2.50 bits per heavy atom. The van der Waals surface area contributed by atoms with E-state index in [4.69, 9.17) is 4.74 Å². The van der Waals surface area contributed by atoms with Crippen molar-refractivity contribution in [2.45, 2.75) is 32.9 Å². The van der Waals surface area contributed by atoms with Crippen molar-refractivity contribution >= 4 is 5.91 Å². The summed E-state index contributed by atoms with van der Waals surface area (Å²) in [5, 5.41) is 4.18. The summed E-state index contributed by atoms with van der Waals surface area (Å²) in [5.41, 5.74) is 1.07. The SMILES string of the molecule is CCCn1nc(C(=O)N(C)[C@H](C)c2ccc(OC)cc2)ccc1=O. The molecule has 2 aromatic rings. The zero-order valence-corrected chi connectivity index (χ0v) is 14.5. The van der Waals surface area contributed by atoms with Crippen LogP contribution in [0.25, 0.3) is 0 Å². The monoisotopic (exact) mass is 329 g/mol. The molecule has 1 heterocycles. The molecule has 2 rings (SSSR count). The zero-order chi connectivity index (χ0) is 17.7. The Morgan fingerprint density at radius 1 is 1.25 bits per heavy atom. The Kier molecular flexibility index (Phi) is 5.73.